The smallest absolute Gasteiger partial charge is 0.264 e. The van der Waals surface area contributed by atoms with Crippen molar-refractivity contribution < 1.29 is 18.7 Å². The third kappa shape index (κ3) is 3.53. The lowest BCUT2D eigenvalue weighted by atomic mass is 10.1. The van der Waals surface area contributed by atoms with E-state index < -0.39 is 0 Å². The Kier molecular flexibility index (Phi) is 4.86. The van der Waals surface area contributed by atoms with Crippen molar-refractivity contribution in [2.45, 2.75) is 20.0 Å². The van der Waals surface area contributed by atoms with Crippen molar-refractivity contribution in [1.82, 2.24) is 14.9 Å². The van der Waals surface area contributed by atoms with Crippen LogP contribution >= 0.6 is 11.3 Å². The highest BCUT2D eigenvalue weighted by Crippen LogP contribution is 2.34. The molecule has 0 radical (unpaired) electrons. The first-order valence-corrected chi connectivity index (χ1v) is 10.8. The van der Waals surface area contributed by atoms with E-state index in [1.165, 1.54) is 11.3 Å². The Bertz CT molecular complexity index is 1270. The number of carbonyl (C=O) groups is 1. The zero-order valence-electron chi connectivity index (χ0n) is 17.4. The number of hydrogen-bond donors (Lipinski definition) is 0. The van der Waals surface area contributed by atoms with Crippen LogP contribution in [0.5, 0.6) is 11.5 Å². The van der Waals surface area contributed by atoms with E-state index in [2.05, 4.69) is 9.97 Å². The number of furan rings is 1. The van der Waals surface area contributed by atoms with Crippen molar-refractivity contribution >= 4 is 27.5 Å². The molecular formula is C23H21N3O4S. The molecule has 1 aliphatic heterocycles. The Hall–Kier alpha value is -3.39. The van der Waals surface area contributed by atoms with E-state index in [1.54, 1.807) is 24.3 Å². The Morgan fingerprint density at radius 2 is 1.97 bits per heavy atom. The molecule has 5 rings (SSSR count). The number of thiophene rings is 1. The van der Waals surface area contributed by atoms with Crippen LogP contribution in [0, 0.1) is 13.8 Å². The van der Waals surface area contributed by atoms with E-state index in [4.69, 9.17) is 13.9 Å². The van der Waals surface area contributed by atoms with E-state index in [9.17, 15) is 4.79 Å². The van der Waals surface area contributed by atoms with E-state index in [0.29, 0.717) is 35.4 Å². The van der Waals surface area contributed by atoms with Crippen LogP contribution in [0.3, 0.4) is 0 Å². The number of hydrogen-bond acceptors (Lipinski definition) is 7. The van der Waals surface area contributed by atoms with E-state index in [-0.39, 0.29) is 12.0 Å². The van der Waals surface area contributed by atoms with Crippen molar-refractivity contribution in [3.05, 3.63) is 58.8 Å². The molecule has 4 heterocycles. The maximum Gasteiger partial charge on any atom is 0.264 e. The van der Waals surface area contributed by atoms with Gasteiger partial charge in [-0.2, -0.15) is 0 Å². The van der Waals surface area contributed by atoms with Gasteiger partial charge in [0, 0.05) is 12.4 Å². The number of nitrogens with zero attached hydrogens (tertiary/aromatic N) is 3. The third-order valence-electron chi connectivity index (χ3n) is 5.30. The molecule has 0 fully saturated rings. The number of benzene rings is 1. The standard InChI is InChI=1S/C23H21N3O4S/c1-13-19-14(2)24-21(18-9-6-10-28-18)25-22(19)31-20(13)23(27)26(3)11-15-12-29-16-7-4-5-8-17(16)30-15/h4-10,15H,11-12H2,1-3H3. The molecule has 1 atom stereocenters. The molecule has 0 saturated carbocycles. The average Bonchev–Trinajstić information content (AvgIpc) is 3.41. The number of amides is 1. The molecule has 3 aromatic heterocycles. The first-order valence-electron chi connectivity index (χ1n) is 9.97. The number of likely N-dealkylation sites (N-methyl/N-ethyl adjacent to an activating group) is 1. The highest BCUT2D eigenvalue weighted by Gasteiger charge is 2.27. The molecule has 1 amide bonds. The molecule has 0 N–H and O–H groups in total. The quantitative estimate of drug-likeness (QED) is 0.470. The lowest BCUT2D eigenvalue weighted by Crippen LogP contribution is -2.41. The van der Waals surface area contributed by atoms with Gasteiger partial charge >= 0.3 is 0 Å². The van der Waals surface area contributed by atoms with Gasteiger partial charge in [-0.1, -0.05) is 12.1 Å². The fraction of sp³-hybridized carbons (Fsp3) is 0.261. The monoisotopic (exact) mass is 435 g/mol. The van der Waals surface area contributed by atoms with Crippen molar-refractivity contribution in [2.75, 3.05) is 20.2 Å². The first-order chi connectivity index (χ1) is 15.0. The van der Waals surface area contributed by atoms with Gasteiger partial charge in [-0.3, -0.25) is 4.79 Å². The predicted molar refractivity (Wildman–Crippen MR) is 118 cm³/mol. The Balaban J connectivity index is 1.39. The largest absolute Gasteiger partial charge is 0.486 e. The molecule has 1 aliphatic rings. The maximum absolute atomic E-state index is 13.3. The van der Waals surface area contributed by atoms with Crippen LogP contribution in [-0.4, -0.2) is 47.1 Å². The van der Waals surface area contributed by atoms with Crippen molar-refractivity contribution in [3.63, 3.8) is 0 Å². The van der Waals surface area contributed by atoms with Crippen molar-refractivity contribution in [3.8, 4) is 23.1 Å². The van der Waals surface area contributed by atoms with Crippen LogP contribution in [-0.2, 0) is 0 Å². The Labute approximate surface area is 183 Å². The van der Waals surface area contributed by atoms with Gasteiger partial charge in [0.2, 0.25) is 0 Å². The second kappa shape index (κ2) is 7.70. The maximum atomic E-state index is 13.3. The number of carbonyl (C=O) groups excluding carboxylic acids is 1. The predicted octanol–water partition coefficient (Wildman–Crippen LogP) is 4.48. The first kappa shape index (κ1) is 19.6. The molecule has 0 aliphatic carbocycles. The second-order valence-electron chi connectivity index (χ2n) is 7.53. The molecule has 31 heavy (non-hydrogen) atoms. The van der Waals surface area contributed by atoms with Crippen LogP contribution in [0.2, 0.25) is 0 Å². The summed E-state index contributed by atoms with van der Waals surface area (Å²) in [5, 5.41) is 0.920. The van der Waals surface area contributed by atoms with Gasteiger partial charge in [0.1, 0.15) is 11.4 Å². The summed E-state index contributed by atoms with van der Waals surface area (Å²) in [4.78, 5) is 25.6. The highest BCUT2D eigenvalue weighted by molar-refractivity contribution is 7.20. The SMILES string of the molecule is Cc1nc(-c2ccco2)nc2sc(C(=O)N(C)CC3COc4ccccc4O3)c(C)c12. The molecule has 7 nitrogen and oxygen atoms in total. The number of para-hydroxylation sites is 2. The molecule has 158 valence electrons. The summed E-state index contributed by atoms with van der Waals surface area (Å²) >= 11 is 1.38. The summed E-state index contributed by atoms with van der Waals surface area (Å²) < 4.78 is 17.2. The lowest BCUT2D eigenvalue weighted by molar-refractivity contribution is 0.0523. The van der Waals surface area contributed by atoms with Crippen LogP contribution < -0.4 is 9.47 Å². The average molecular weight is 436 g/mol. The summed E-state index contributed by atoms with van der Waals surface area (Å²) in [5.74, 6) is 2.50. The van der Waals surface area contributed by atoms with E-state index >= 15 is 0 Å². The van der Waals surface area contributed by atoms with Crippen LogP contribution in [0.15, 0.2) is 47.1 Å². The van der Waals surface area contributed by atoms with Gasteiger partial charge in [-0.25, -0.2) is 9.97 Å². The van der Waals surface area contributed by atoms with Crippen molar-refractivity contribution in [1.29, 1.82) is 0 Å². The fourth-order valence-corrected chi connectivity index (χ4v) is 5.00. The topological polar surface area (TPSA) is 77.7 Å². The zero-order valence-corrected chi connectivity index (χ0v) is 18.2. The fourth-order valence-electron chi connectivity index (χ4n) is 3.77. The summed E-state index contributed by atoms with van der Waals surface area (Å²) in [5.41, 5.74) is 1.72. The molecule has 0 spiro atoms. The lowest BCUT2D eigenvalue weighted by Gasteiger charge is -2.29. The number of aromatic nitrogens is 2. The van der Waals surface area contributed by atoms with Crippen LogP contribution in [0.25, 0.3) is 21.8 Å². The van der Waals surface area contributed by atoms with E-state index in [1.807, 2.05) is 44.2 Å². The van der Waals surface area contributed by atoms with Crippen LogP contribution in [0.1, 0.15) is 20.9 Å². The van der Waals surface area contributed by atoms with Crippen LogP contribution in [0.4, 0.5) is 0 Å². The molecule has 0 bridgehead atoms. The summed E-state index contributed by atoms with van der Waals surface area (Å²) in [6.45, 7) is 4.69. The number of aryl methyl sites for hydroxylation is 2. The minimum Gasteiger partial charge on any atom is -0.486 e. The van der Waals surface area contributed by atoms with Gasteiger partial charge < -0.3 is 18.8 Å². The Morgan fingerprint density at radius 3 is 2.74 bits per heavy atom. The summed E-state index contributed by atoms with van der Waals surface area (Å²) in [6.07, 6.45) is 1.36. The minimum atomic E-state index is -0.231. The van der Waals surface area contributed by atoms with Gasteiger partial charge in [0.15, 0.2) is 29.2 Å². The van der Waals surface area contributed by atoms with Gasteiger partial charge in [-0.05, 0) is 43.7 Å². The van der Waals surface area contributed by atoms with E-state index in [0.717, 1.165) is 27.2 Å². The Morgan fingerprint density at radius 1 is 1.16 bits per heavy atom. The minimum absolute atomic E-state index is 0.0677. The summed E-state index contributed by atoms with van der Waals surface area (Å²) in [7, 11) is 1.78. The van der Waals surface area contributed by atoms with Gasteiger partial charge in [-0.15, -0.1) is 11.3 Å². The molecule has 0 saturated heterocycles. The second-order valence-corrected chi connectivity index (χ2v) is 8.53. The normalized spacial score (nSPS) is 15.3. The number of rotatable bonds is 4. The molecule has 1 unspecified atom stereocenters. The number of fused-ring (bicyclic) bond motifs is 2. The molecular weight excluding hydrogens is 414 g/mol. The van der Waals surface area contributed by atoms with Crippen molar-refractivity contribution in [2.24, 2.45) is 0 Å². The third-order valence-corrected chi connectivity index (χ3v) is 6.47. The zero-order chi connectivity index (χ0) is 21.5. The molecule has 1 aromatic carbocycles. The van der Waals surface area contributed by atoms with Gasteiger partial charge in [0.05, 0.1) is 23.4 Å². The summed E-state index contributed by atoms with van der Waals surface area (Å²) in [6, 6.07) is 11.2. The number of ether oxygens (including phenoxy) is 2. The molecule has 4 aromatic rings. The molecule has 8 heteroatoms. The van der Waals surface area contributed by atoms with Gasteiger partial charge in [0.25, 0.3) is 5.91 Å². The highest BCUT2D eigenvalue weighted by atomic mass is 32.1.